The van der Waals surface area contributed by atoms with Gasteiger partial charge in [-0.25, -0.2) is 14.1 Å². The number of benzene rings is 4. The third kappa shape index (κ3) is 4.13. The van der Waals surface area contributed by atoms with Gasteiger partial charge in [-0.05, 0) is 78.2 Å². The Morgan fingerprint density at radius 3 is 2.22 bits per heavy atom. The molecular weight excluding hydrogens is 674 g/mol. The highest BCUT2D eigenvalue weighted by molar-refractivity contribution is 6.58. The molecule has 0 bridgehead atoms. The summed E-state index contributed by atoms with van der Waals surface area (Å²) in [6.45, 7) is 0. The molecule has 2 saturated heterocycles. The number of carbonyl (C=O) groups is 5. The lowest BCUT2D eigenvalue weighted by molar-refractivity contribution is -0.125. The molecule has 2 N–H and O–H groups in total. The van der Waals surface area contributed by atoms with Crippen LogP contribution in [0, 0.1) is 23.6 Å². The van der Waals surface area contributed by atoms with Crippen molar-refractivity contribution in [2.75, 3.05) is 9.80 Å². The number of carboxylic acid groups (broad SMARTS) is 1. The van der Waals surface area contributed by atoms with Crippen LogP contribution in [0.2, 0.25) is 0 Å². The van der Waals surface area contributed by atoms with Crippen molar-refractivity contribution in [2.24, 2.45) is 17.8 Å². The number of nitrogens with zero attached hydrogens (tertiary/aromatic N) is 2. The molecule has 4 aromatic carbocycles. The molecule has 12 heteroatoms. The van der Waals surface area contributed by atoms with Gasteiger partial charge in [0.1, 0.15) is 11.6 Å². The van der Waals surface area contributed by atoms with Crippen molar-refractivity contribution < 1.29 is 38.6 Å². The monoisotopic (exact) mass is 698 g/mol. The van der Waals surface area contributed by atoms with Crippen LogP contribution < -0.4 is 9.80 Å². The average Bonchev–Trinajstić information content (AvgIpc) is 3.43. The van der Waals surface area contributed by atoms with Crippen LogP contribution in [-0.4, -0.2) is 49.6 Å². The van der Waals surface area contributed by atoms with Gasteiger partial charge in [-0.15, -0.1) is 23.2 Å². The van der Waals surface area contributed by atoms with E-state index in [4.69, 9.17) is 23.2 Å². The Kier molecular flexibility index (Phi) is 6.83. The highest BCUT2D eigenvalue weighted by atomic mass is 35.5. The van der Waals surface area contributed by atoms with E-state index < -0.39 is 68.8 Å². The highest BCUT2D eigenvalue weighted by Gasteiger charge is 2.76. The summed E-state index contributed by atoms with van der Waals surface area (Å²) < 4.78 is 13.9. The Bertz CT molecular complexity index is 2210. The minimum Gasteiger partial charge on any atom is -0.507 e. The summed E-state index contributed by atoms with van der Waals surface area (Å²) in [6, 6.07) is 20.3. The number of rotatable bonds is 4. The maximum Gasteiger partial charge on any atom is 0.335 e. The second-order valence-corrected chi connectivity index (χ2v) is 14.1. The first-order chi connectivity index (χ1) is 23.4. The van der Waals surface area contributed by atoms with Crippen LogP contribution in [0.3, 0.4) is 0 Å². The molecule has 2 heterocycles. The molecule has 246 valence electrons. The van der Waals surface area contributed by atoms with Crippen molar-refractivity contribution in [3.05, 3.63) is 114 Å². The van der Waals surface area contributed by atoms with Crippen molar-refractivity contribution in [1.29, 1.82) is 0 Å². The van der Waals surface area contributed by atoms with Crippen LogP contribution in [-0.2, 0) is 19.2 Å². The molecular formula is C37H25Cl2FN2O7. The van der Waals surface area contributed by atoms with Crippen LogP contribution in [0.4, 0.5) is 15.8 Å². The standard InChI is InChI=1S/C37H25Cl2FN2O7/c38-36-17-27-25(12-13-26-29(27)32(45)41(31(26)44)21-5-3-4-18(16-21)33(46)47)30(24-14-15-28(43)23-7-2-1-6-22(23)24)37(36,39)35(49)42(34(36)48)20-10-8-19(40)9-11-20/h1-12,14-16,26-27,29-30,43H,13,17H2,(H,46,47). The van der Waals surface area contributed by atoms with Gasteiger partial charge in [0.05, 0.1) is 28.8 Å². The predicted molar refractivity (Wildman–Crippen MR) is 178 cm³/mol. The van der Waals surface area contributed by atoms with Gasteiger partial charge in [0.2, 0.25) is 11.8 Å². The minimum atomic E-state index is -2.14. The molecule has 2 aliphatic carbocycles. The number of carboxylic acids is 1. The Morgan fingerprint density at radius 1 is 0.796 bits per heavy atom. The zero-order valence-corrected chi connectivity index (χ0v) is 26.9. The third-order valence-electron chi connectivity index (χ3n) is 10.5. The molecule has 3 fully saturated rings. The van der Waals surface area contributed by atoms with E-state index in [1.54, 1.807) is 36.4 Å². The molecule has 4 amide bonds. The Morgan fingerprint density at radius 2 is 1.51 bits per heavy atom. The van der Waals surface area contributed by atoms with E-state index in [-0.39, 0.29) is 35.5 Å². The summed E-state index contributed by atoms with van der Waals surface area (Å²) in [6.07, 6.45) is 1.62. The van der Waals surface area contributed by atoms with Gasteiger partial charge in [0.15, 0.2) is 9.75 Å². The zero-order valence-electron chi connectivity index (χ0n) is 25.3. The SMILES string of the molecule is O=C(O)c1cccc(N2C(=O)C3CC=C4C(CC5(Cl)C(=O)N(c6ccc(F)cc6)C(=O)C5(Cl)C4c4ccc(O)c5ccccc45)C3C2=O)c1. The molecule has 0 aromatic heterocycles. The van der Waals surface area contributed by atoms with E-state index in [0.717, 1.165) is 21.9 Å². The van der Waals surface area contributed by atoms with Crippen molar-refractivity contribution in [3.8, 4) is 5.75 Å². The minimum absolute atomic E-state index is 0.0253. The Labute approximate surface area is 288 Å². The number of anilines is 2. The summed E-state index contributed by atoms with van der Waals surface area (Å²) >= 11 is 14.9. The molecule has 2 aliphatic heterocycles. The molecule has 0 spiro atoms. The fraction of sp³-hybridized carbons (Fsp3) is 0.216. The third-order valence-corrected chi connectivity index (χ3v) is 11.9. The number of alkyl halides is 2. The summed E-state index contributed by atoms with van der Waals surface area (Å²) in [5, 5.41) is 21.3. The number of fused-ring (bicyclic) bond motifs is 5. The maximum absolute atomic E-state index is 14.6. The van der Waals surface area contributed by atoms with Gasteiger partial charge in [0, 0.05) is 11.3 Å². The number of carbonyl (C=O) groups excluding carboxylic acids is 4. The maximum atomic E-state index is 14.6. The molecule has 1 saturated carbocycles. The smallest absolute Gasteiger partial charge is 0.335 e. The molecule has 9 nitrogen and oxygen atoms in total. The largest absolute Gasteiger partial charge is 0.507 e. The van der Waals surface area contributed by atoms with E-state index in [2.05, 4.69) is 0 Å². The number of aromatic carboxylic acids is 1. The number of allylic oxidation sites excluding steroid dienone is 2. The van der Waals surface area contributed by atoms with Gasteiger partial charge in [-0.3, -0.25) is 24.1 Å². The van der Waals surface area contributed by atoms with Crippen molar-refractivity contribution in [1.82, 2.24) is 0 Å². The van der Waals surface area contributed by atoms with Crippen molar-refractivity contribution >= 4 is 74.9 Å². The van der Waals surface area contributed by atoms with E-state index in [0.29, 0.717) is 21.9 Å². The highest BCUT2D eigenvalue weighted by Crippen LogP contribution is 2.66. The number of imide groups is 2. The number of phenolic OH excluding ortho intramolecular Hbond substituents is 1. The number of hydrogen-bond donors (Lipinski definition) is 2. The van der Waals surface area contributed by atoms with E-state index in [1.807, 2.05) is 0 Å². The normalized spacial score (nSPS) is 29.2. The molecule has 0 radical (unpaired) electrons. The predicted octanol–water partition coefficient (Wildman–Crippen LogP) is 6.15. The second-order valence-electron chi connectivity index (χ2n) is 12.8. The lowest BCUT2D eigenvalue weighted by atomic mass is 9.56. The fourth-order valence-electron chi connectivity index (χ4n) is 8.33. The first kappa shape index (κ1) is 31.2. The van der Waals surface area contributed by atoms with Crippen LogP contribution >= 0.6 is 23.2 Å². The summed E-state index contributed by atoms with van der Waals surface area (Å²) in [7, 11) is 0. The van der Waals surface area contributed by atoms with Crippen molar-refractivity contribution in [3.63, 3.8) is 0 Å². The van der Waals surface area contributed by atoms with Gasteiger partial charge >= 0.3 is 5.97 Å². The first-order valence-electron chi connectivity index (χ1n) is 15.5. The molecule has 4 aromatic rings. The molecule has 4 aliphatic rings. The van der Waals surface area contributed by atoms with Gasteiger partial charge < -0.3 is 10.2 Å². The zero-order chi connectivity index (χ0) is 34.6. The van der Waals surface area contributed by atoms with E-state index in [1.165, 1.54) is 42.5 Å². The first-order valence-corrected chi connectivity index (χ1v) is 16.3. The number of halogens is 3. The molecule has 49 heavy (non-hydrogen) atoms. The topological polar surface area (TPSA) is 132 Å². The Hall–Kier alpha value is -5.06. The van der Waals surface area contributed by atoms with Gasteiger partial charge in [-0.1, -0.05) is 48.0 Å². The summed E-state index contributed by atoms with van der Waals surface area (Å²) in [5.74, 6) is -8.42. The summed E-state index contributed by atoms with van der Waals surface area (Å²) in [4.78, 5) is 66.6. The van der Waals surface area contributed by atoms with Crippen LogP contribution in [0.25, 0.3) is 10.8 Å². The van der Waals surface area contributed by atoms with Crippen LogP contribution in [0.1, 0.15) is 34.7 Å². The van der Waals surface area contributed by atoms with Crippen molar-refractivity contribution in [2.45, 2.75) is 28.5 Å². The fourth-order valence-corrected chi connectivity index (χ4v) is 9.26. The molecule has 6 atom stereocenters. The van der Waals surface area contributed by atoms with E-state index >= 15 is 0 Å². The van der Waals surface area contributed by atoms with Crippen LogP contribution in [0.15, 0.2) is 96.6 Å². The molecule has 8 rings (SSSR count). The Balaban J connectivity index is 1.33. The number of amides is 4. The second kappa shape index (κ2) is 10.7. The quantitative estimate of drug-likeness (QED) is 0.148. The molecule has 6 unspecified atom stereocenters. The lowest BCUT2D eigenvalue weighted by Gasteiger charge is -2.51. The number of aromatic hydroxyl groups is 1. The average molecular weight is 700 g/mol. The lowest BCUT2D eigenvalue weighted by Crippen LogP contribution is -2.60. The van der Waals surface area contributed by atoms with E-state index in [9.17, 15) is 38.6 Å². The van der Waals surface area contributed by atoms with Gasteiger partial charge in [-0.2, -0.15) is 0 Å². The number of phenols is 1. The van der Waals surface area contributed by atoms with Gasteiger partial charge in [0.25, 0.3) is 11.8 Å². The van der Waals surface area contributed by atoms with Crippen LogP contribution in [0.5, 0.6) is 5.75 Å². The summed E-state index contributed by atoms with van der Waals surface area (Å²) in [5.41, 5.74) is 1.09. The number of hydrogen-bond acceptors (Lipinski definition) is 6.